The van der Waals surface area contributed by atoms with Crippen LogP contribution >= 0.6 is 0 Å². The molecule has 1 unspecified atom stereocenters. The van der Waals surface area contributed by atoms with Gasteiger partial charge in [-0.2, -0.15) is 0 Å². The van der Waals surface area contributed by atoms with E-state index in [0.29, 0.717) is 15.0 Å². The van der Waals surface area contributed by atoms with Gasteiger partial charge in [0.05, 0.1) is 0 Å². The molecule has 0 nitrogen and oxygen atoms in total. The van der Waals surface area contributed by atoms with Crippen molar-refractivity contribution in [3.05, 3.63) is 97.1 Å². The number of hydrogen-bond donors (Lipinski definition) is 0. The Bertz CT molecular complexity index is 973. The predicted molar refractivity (Wildman–Crippen MR) is 113 cm³/mol. The van der Waals surface area contributed by atoms with Crippen molar-refractivity contribution >= 4 is 57.5 Å². The summed E-state index contributed by atoms with van der Waals surface area (Å²) in [5, 5.41) is 2.87. The molecule has 0 saturated carbocycles. The van der Waals surface area contributed by atoms with Crippen molar-refractivity contribution < 1.29 is 0 Å². The summed E-state index contributed by atoms with van der Waals surface area (Å²) in [5.74, 6) is 2.44. The van der Waals surface area contributed by atoms with Gasteiger partial charge in [-0.15, -0.1) is 0 Å². The van der Waals surface area contributed by atoms with E-state index in [-0.39, 0.29) is 0 Å². The van der Waals surface area contributed by atoms with Crippen molar-refractivity contribution in [2.24, 2.45) is 0 Å². The van der Waals surface area contributed by atoms with E-state index in [1.807, 2.05) is 0 Å². The Morgan fingerprint density at radius 2 is 1.28 bits per heavy atom. The van der Waals surface area contributed by atoms with Crippen molar-refractivity contribution in [1.82, 2.24) is 0 Å². The fourth-order valence-corrected chi connectivity index (χ4v) is 8.89. The first-order chi connectivity index (χ1) is 12.3. The van der Waals surface area contributed by atoms with Crippen LogP contribution in [0, 0.1) is 0 Å². The summed E-state index contributed by atoms with van der Waals surface area (Å²) in [7, 11) is 0. The van der Waals surface area contributed by atoms with Gasteiger partial charge in [-0.25, -0.2) is 0 Å². The molecular weight excluding hydrogens is 434 g/mol. The molecule has 0 aliphatic carbocycles. The van der Waals surface area contributed by atoms with Crippen LogP contribution in [0.25, 0.3) is 10.8 Å². The molecule has 0 aromatic heterocycles. The second-order valence-corrected chi connectivity index (χ2v) is 12.2. The summed E-state index contributed by atoms with van der Waals surface area (Å²) in [6, 6.07) is 35.5. The Morgan fingerprint density at radius 1 is 0.640 bits per heavy atom. The van der Waals surface area contributed by atoms with Crippen LogP contribution in [0.2, 0.25) is 5.82 Å². The zero-order valence-corrected chi connectivity index (χ0v) is 17.5. The summed E-state index contributed by atoms with van der Waals surface area (Å²) in [5.41, 5.74) is 0. The Balaban J connectivity index is 1.85. The molecule has 4 aromatic carbocycles. The normalized spacial score (nSPS) is 12.2. The van der Waals surface area contributed by atoms with E-state index in [1.165, 1.54) is 24.2 Å². The summed E-state index contributed by atoms with van der Waals surface area (Å²) in [6.07, 6.45) is 0. The first kappa shape index (κ1) is 16.6. The van der Waals surface area contributed by atoms with Crippen molar-refractivity contribution in [2.75, 3.05) is 0 Å². The second kappa shape index (κ2) is 7.60. The van der Waals surface area contributed by atoms with E-state index in [4.69, 9.17) is 0 Å². The van der Waals surface area contributed by atoms with Gasteiger partial charge in [-0.3, -0.25) is 0 Å². The van der Waals surface area contributed by atoms with E-state index in [2.05, 4.69) is 103 Å². The Morgan fingerprint density at radius 3 is 2.00 bits per heavy atom. The first-order valence-electron chi connectivity index (χ1n) is 8.28. The molecule has 0 spiro atoms. The quantitative estimate of drug-likeness (QED) is 0.417. The van der Waals surface area contributed by atoms with Crippen molar-refractivity contribution in [3.63, 3.8) is 0 Å². The molecule has 1 atom stereocenters. The molecule has 0 saturated heterocycles. The van der Waals surface area contributed by atoms with Gasteiger partial charge in [0, 0.05) is 0 Å². The molecule has 4 aromatic rings. The molecule has 122 valence electrons. The average Bonchev–Trinajstić information content (AvgIpc) is 2.69. The van der Waals surface area contributed by atoms with Gasteiger partial charge in [0.1, 0.15) is 0 Å². The third kappa shape index (κ3) is 3.59. The molecule has 0 aliphatic heterocycles. The molecule has 25 heavy (non-hydrogen) atoms. The molecule has 0 amide bonds. The number of fused-ring (bicyclic) bond motifs is 1. The van der Waals surface area contributed by atoms with E-state index in [9.17, 15) is 0 Å². The third-order valence-corrected chi connectivity index (χ3v) is 10.6. The van der Waals surface area contributed by atoms with Gasteiger partial charge in [0.15, 0.2) is 0 Å². The summed E-state index contributed by atoms with van der Waals surface area (Å²) in [4.78, 5) is 0. The van der Waals surface area contributed by atoms with Crippen molar-refractivity contribution in [2.45, 2.75) is 5.82 Å². The molecule has 0 bridgehead atoms. The van der Waals surface area contributed by atoms with Crippen LogP contribution in [0.5, 0.6) is 0 Å². The molecular formula is C23H19Se2+. The molecule has 0 heterocycles. The van der Waals surface area contributed by atoms with Crippen LogP contribution in [0.4, 0.5) is 0 Å². The summed E-state index contributed by atoms with van der Waals surface area (Å²) < 4.78 is 5.98. The van der Waals surface area contributed by atoms with E-state index in [0.717, 1.165) is 0 Å². The fourth-order valence-electron chi connectivity index (χ4n) is 2.98. The van der Waals surface area contributed by atoms with Crippen LogP contribution in [0.3, 0.4) is 0 Å². The standard InChI is InChI=1S/C23H19Se2/c1-25(20-14-6-3-7-15-20)22-17-9-11-18-10-8-16-21(23(18)22)24-19-12-4-2-5-13-19/h2-17H,1H3/q+1. The van der Waals surface area contributed by atoms with Crippen LogP contribution in [-0.4, -0.2) is 28.9 Å². The zero-order chi connectivity index (χ0) is 17.1. The molecule has 0 radical (unpaired) electrons. The van der Waals surface area contributed by atoms with Crippen molar-refractivity contribution in [3.8, 4) is 0 Å². The topological polar surface area (TPSA) is 0 Å². The fraction of sp³-hybridized carbons (Fsp3) is 0.0435. The first-order valence-corrected chi connectivity index (χ1v) is 13.4. The molecule has 4 rings (SSSR count). The van der Waals surface area contributed by atoms with Gasteiger partial charge in [-0.1, -0.05) is 0 Å². The second-order valence-electron chi connectivity index (χ2n) is 5.85. The Hall–Kier alpha value is -1.82. The number of hydrogen-bond acceptors (Lipinski definition) is 0. The summed E-state index contributed by atoms with van der Waals surface area (Å²) >= 11 is -0.704. The van der Waals surface area contributed by atoms with Gasteiger partial charge in [-0.05, 0) is 0 Å². The molecule has 2 heteroatoms. The maximum absolute atomic E-state index is 2.44. The van der Waals surface area contributed by atoms with E-state index in [1.54, 1.807) is 4.46 Å². The van der Waals surface area contributed by atoms with Crippen LogP contribution in [-0.2, 0) is 0 Å². The molecule has 0 N–H and O–H groups in total. The number of benzene rings is 4. The third-order valence-electron chi connectivity index (χ3n) is 4.23. The van der Waals surface area contributed by atoms with Crippen molar-refractivity contribution in [1.29, 1.82) is 0 Å². The molecule has 0 aliphatic rings. The molecule has 0 fully saturated rings. The monoisotopic (exact) mass is 455 g/mol. The van der Waals surface area contributed by atoms with Crippen LogP contribution in [0.15, 0.2) is 97.1 Å². The van der Waals surface area contributed by atoms with Gasteiger partial charge in [0.2, 0.25) is 0 Å². The summed E-state index contributed by atoms with van der Waals surface area (Å²) in [6.45, 7) is 0. The van der Waals surface area contributed by atoms with E-state index < -0.39 is 13.9 Å². The van der Waals surface area contributed by atoms with Crippen LogP contribution in [0.1, 0.15) is 0 Å². The Kier molecular flexibility index (Phi) is 5.06. The van der Waals surface area contributed by atoms with Gasteiger partial charge >= 0.3 is 160 Å². The Labute approximate surface area is 159 Å². The van der Waals surface area contributed by atoms with Gasteiger partial charge < -0.3 is 0 Å². The predicted octanol–water partition coefficient (Wildman–Crippen LogP) is 2.73. The van der Waals surface area contributed by atoms with Crippen LogP contribution < -0.4 is 17.8 Å². The van der Waals surface area contributed by atoms with E-state index >= 15 is 0 Å². The minimum absolute atomic E-state index is 0.333. The maximum atomic E-state index is 2.44. The van der Waals surface area contributed by atoms with Gasteiger partial charge in [0.25, 0.3) is 0 Å². The minimum atomic E-state index is -1.04. The number of rotatable bonds is 4. The average molecular weight is 453 g/mol. The zero-order valence-electron chi connectivity index (χ0n) is 14.1. The SMILES string of the molecule is C[Se+](c1ccccc1)c1cccc2cccc([Se]c3ccccc3)c12.